The fraction of sp³-hybridized carbons (Fsp3) is 0.571. The van der Waals surface area contributed by atoms with Crippen LogP contribution in [0.25, 0.3) is 0 Å². The molecule has 2 rings (SSSR count). The Hall–Kier alpha value is -0.420. The van der Waals surface area contributed by atoms with Gasteiger partial charge in [-0.2, -0.15) is 13.2 Å². The van der Waals surface area contributed by atoms with Crippen molar-refractivity contribution >= 4 is 33.2 Å². The van der Waals surface area contributed by atoms with Crippen molar-refractivity contribution in [3.63, 3.8) is 0 Å². The van der Waals surface area contributed by atoms with Gasteiger partial charge in [-0.05, 0) is 59.3 Å². The van der Waals surface area contributed by atoms with Gasteiger partial charge in [0.25, 0.3) is 0 Å². The molecule has 1 aliphatic carbocycles. The van der Waals surface area contributed by atoms with Crippen molar-refractivity contribution in [1.29, 1.82) is 0 Å². The quantitative estimate of drug-likeness (QED) is 0.675. The van der Waals surface area contributed by atoms with Crippen LogP contribution in [0.5, 0.6) is 0 Å². The lowest BCUT2D eigenvalue weighted by Crippen LogP contribution is -2.22. The second-order valence-corrected chi connectivity index (χ2v) is 6.67. The highest BCUT2D eigenvalue weighted by atomic mass is 79.9. The molecule has 0 saturated heterocycles. The van der Waals surface area contributed by atoms with E-state index in [1.54, 1.807) is 0 Å². The molecule has 2 unspecified atom stereocenters. The fourth-order valence-corrected chi connectivity index (χ4v) is 3.43. The third-order valence-electron chi connectivity index (χ3n) is 3.60. The van der Waals surface area contributed by atoms with E-state index in [1.165, 1.54) is 6.07 Å². The maximum atomic E-state index is 12.6. The van der Waals surface area contributed by atoms with E-state index in [-0.39, 0.29) is 5.38 Å². The summed E-state index contributed by atoms with van der Waals surface area (Å²) < 4.78 is 38.1. The zero-order valence-corrected chi connectivity index (χ0v) is 13.2. The van der Waals surface area contributed by atoms with E-state index < -0.39 is 11.7 Å². The number of halogens is 5. The van der Waals surface area contributed by atoms with Crippen LogP contribution in [0.3, 0.4) is 0 Å². The van der Waals surface area contributed by atoms with Crippen molar-refractivity contribution in [2.75, 3.05) is 11.9 Å². The molecule has 1 aromatic rings. The summed E-state index contributed by atoms with van der Waals surface area (Å²) in [4.78, 5) is 0. The second kappa shape index (κ2) is 6.56. The van der Waals surface area contributed by atoms with Gasteiger partial charge in [0.05, 0.1) is 5.56 Å². The minimum absolute atomic E-state index is 0.228. The van der Waals surface area contributed by atoms with Gasteiger partial charge in [-0.3, -0.25) is 0 Å². The van der Waals surface area contributed by atoms with Crippen molar-refractivity contribution < 1.29 is 13.2 Å². The van der Waals surface area contributed by atoms with Crippen LogP contribution in [-0.2, 0) is 6.18 Å². The maximum Gasteiger partial charge on any atom is 0.416 e. The molecule has 0 aliphatic heterocycles. The Morgan fingerprint density at radius 1 is 1.30 bits per heavy atom. The van der Waals surface area contributed by atoms with Gasteiger partial charge >= 0.3 is 6.18 Å². The van der Waals surface area contributed by atoms with Gasteiger partial charge in [-0.25, -0.2) is 0 Å². The zero-order chi connectivity index (χ0) is 14.8. The Kier molecular flexibility index (Phi) is 5.24. The molecule has 1 saturated carbocycles. The molecule has 20 heavy (non-hydrogen) atoms. The summed E-state index contributed by atoms with van der Waals surface area (Å²) in [5.74, 6) is 0.487. The predicted molar refractivity (Wildman–Crippen MR) is 79.2 cm³/mol. The third-order valence-corrected chi connectivity index (χ3v) is 4.65. The van der Waals surface area contributed by atoms with E-state index in [0.29, 0.717) is 16.1 Å². The predicted octanol–water partition coefficient (Wildman–Crippen LogP) is 5.68. The van der Waals surface area contributed by atoms with E-state index in [2.05, 4.69) is 21.2 Å². The minimum Gasteiger partial charge on any atom is -0.384 e. The first-order chi connectivity index (χ1) is 9.36. The Bertz CT molecular complexity index is 464. The van der Waals surface area contributed by atoms with Gasteiger partial charge in [0.15, 0.2) is 0 Å². The summed E-state index contributed by atoms with van der Waals surface area (Å²) >= 11 is 9.32. The molecule has 0 heterocycles. The van der Waals surface area contributed by atoms with Crippen molar-refractivity contribution in [2.45, 2.75) is 37.2 Å². The van der Waals surface area contributed by atoms with Crippen LogP contribution in [0.4, 0.5) is 18.9 Å². The van der Waals surface area contributed by atoms with Gasteiger partial charge < -0.3 is 5.32 Å². The Morgan fingerprint density at radius 3 is 2.65 bits per heavy atom. The van der Waals surface area contributed by atoms with Crippen molar-refractivity contribution in [3.8, 4) is 0 Å². The van der Waals surface area contributed by atoms with Crippen molar-refractivity contribution in [1.82, 2.24) is 0 Å². The first kappa shape index (κ1) is 16.0. The monoisotopic (exact) mass is 369 g/mol. The average Bonchev–Trinajstić information content (AvgIpc) is 2.36. The fourth-order valence-electron chi connectivity index (χ4n) is 2.50. The first-order valence-electron chi connectivity index (χ1n) is 6.61. The number of hydrogen-bond acceptors (Lipinski definition) is 1. The Morgan fingerprint density at radius 2 is 2.05 bits per heavy atom. The lowest BCUT2D eigenvalue weighted by atomic mass is 9.89. The number of hydrogen-bond donors (Lipinski definition) is 1. The standard InChI is InChI=1S/C14H16BrClF3N/c15-12-7-10(14(17,18)19)4-5-13(12)20-8-9-2-1-3-11(16)6-9/h4-5,7,9,11,20H,1-3,6,8H2. The third kappa shape index (κ3) is 4.29. The van der Waals surface area contributed by atoms with Crippen molar-refractivity contribution in [3.05, 3.63) is 28.2 Å². The van der Waals surface area contributed by atoms with Crippen LogP contribution in [0.15, 0.2) is 22.7 Å². The molecule has 0 aromatic heterocycles. The smallest absolute Gasteiger partial charge is 0.384 e. The number of rotatable bonds is 3. The summed E-state index contributed by atoms with van der Waals surface area (Å²) in [7, 11) is 0. The van der Waals surface area contributed by atoms with Gasteiger partial charge in [0.2, 0.25) is 0 Å². The maximum absolute atomic E-state index is 12.6. The van der Waals surface area contributed by atoms with Gasteiger partial charge in [0, 0.05) is 22.1 Å². The average molecular weight is 371 g/mol. The summed E-state index contributed by atoms with van der Waals surface area (Å²) in [6.07, 6.45) is -0.0473. The van der Waals surface area contributed by atoms with E-state index in [1.807, 2.05) is 0 Å². The topological polar surface area (TPSA) is 12.0 Å². The molecule has 0 spiro atoms. The molecule has 1 aromatic carbocycles. The lowest BCUT2D eigenvalue weighted by molar-refractivity contribution is -0.137. The minimum atomic E-state index is -4.31. The highest BCUT2D eigenvalue weighted by Gasteiger charge is 2.30. The molecule has 0 amide bonds. The highest BCUT2D eigenvalue weighted by molar-refractivity contribution is 9.10. The lowest BCUT2D eigenvalue weighted by Gasteiger charge is -2.26. The van der Waals surface area contributed by atoms with E-state index in [4.69, 9.17) is 11.6 Å². The van der Waals surface area contributed by atoms with Crippen LogP contribution >= 0.6 is 27.5 Å². The second-order valence-electron chi connectivity index (χ2n) is 5.20. The summed E-state index contributed by atoms with van der Waals surface area (Å²) in [5.41, 5.74) is 0.0445. The molecule has 0 radical (unpaired) electrons. The molecular formula is C14H16BrClF3N. The molecule has 112 valence electrons. The zero-order valence-electron chi connectivity index (χ0n) is 10.8. The van der Waals surface area contributed by atoms with Gasteiger partial charge in [-0.1, -0.05) is 6.42 Å². The number of anilines is 1. The largest absolute Gasteiger partial charge is 0.416 e. The van der Waals surface area contributed by atoms with E-state index in [0.717, 1.165) is 44.4 Å². The molecule has 1 N–H and O–H groups in total. The van der Waals surface area contributed by atoms with Crippen LogP contribution in [0.2, 0.25) is 0 Å². The molecule has 1 aliphatic rings. The first-order valence-corrected chi connectivity index (χ1v) is 7.84. The van der Waals surface area contributed by atoms with Crippen LogP contribution in [-0.4, -0.2) is 11.9 Å². The molecule has 0 bridgehead atoms. The van der Waals surface area contributed by atoms with Gasteiger partial charge in [0.1, 0.15) is 0 Å². The molecule has 6 heteroatoms. The number of nitrogens with one attached hydrogen (secondary N) is 1. The highest BCUT2D eigenvalue weighted by Crippen LogP contribution is 2.34. The summed E-state index contributed by atoms with van der Waals surface area (Å²) in [5, 5.41) is 3.44. The number of benzene rings is 1. The van der Waals surface area contributed by atoms with Crippen LogP contribution < -0.4 is 5.32 Å². The SMILES string of the molecule is FC(F)(F)c1ccc(NCC2CCCC(Cl)C2)c(Br)c1. The molecule has 2 atom stereocenters. The molecule has 1 nitrogen and oxygen atoms in total. The molecular weight excluding hydrogens is 355 g/mol. The molecule has 1 fully saturated rings. The van der Waals surface area contributed by atoms with Gasteiger partial charge in [-0.15, -0.1) is 11.6 Å². The normalized spacial score (nSPS) is 23.6. The van der Waals surface area contributed by atoms with Crippen LogP contribution in [0, 0.1) is 5.92 Å². The van der Waals surface area contributed by atoms with E-state index >= 15 is 0 Å². The number of alkyl halides is 4. The van der Waals surface area contributed by atoms with Crippen LogP contribution in [0.1, 0.15) is 31.2 Å². The summed E-state index contributed by atoms with van der Waals surface area (Å²) in [6, 6.07) is 3.67. The Labute approximate surface area is 130 Å². The van der Waals surface area contributed by atoms with E-state index in [9.17, 15) is 13.2 Å². The van der Waals surface area contributed by atoms with Crippen molar-refractivity contribution in [2.24, 2.45) is 5.92 Å². The summed E-state index contributed by atoms with van der Waals surface area (Å²) in [6.45, 7) is 0.743. The Balaban J connectivity index is 1.96.